The number of ether oxygens (including phenoxy) is 8. The van der Waals surface area contributed by atoms with Gasteiger partial charge in [0.05, 0.1) is 48.6 Å². The molecule has 14 nitrogen and oxygen atoms in total. The fraction of sp³-hybridized carbons (Fsp3) is 0.842. The molecule has 0 radical (unpaired) electrons. The lowest BCUT2D eigenvalue weighted by Crippen LogP contribution is -2.66. The Bertz CT molecular complexity index is 1150. The average molecular weight is 744 g/mol. The van der Waals surface area contributed by atoms with Crippen LogP contribution in [0, 0.1) is 11.8 Å². The molecule has 2 saturated heterocycles. The summed E-state index contributed by atoms with van der Waals surface area (Å²) in [6.45, 7) is 11.7. The van der Waals surface area contributed by atoms with E-state index in [0.717, 1.165) is 6.29 Å². The first-order valence-corrected chi connectivity index (χ1v) is 18.6. The van der Waals surface area contributed by atoms with Crippen molar-refractivity contribution < 1.29 is 62.8 Å². The van der Waals surface area contributed by atoms with Crippen molar-refractivity contribution in [2.45, 2.75) is 159 Å². The fourth-order valence-corrected chi connectivity index (χ4v) is 7.71. The average Bonchev–Trinajstić information content (AvgIpc) is 3.07. The van der Waals surface area contributed by atoms with Crippen LogP contribution < -0.4 is 0 Å². The van der Waals surface area contributed by atoms with E-state index in [9.17, 15) is 24.9 Å². The highest BCUT2D eigenvalue weighted by atomic mass is 16.7. The molecule has 0 aromatic heterocycles. The second-order valence-electron chi connectivity index (χ2n) is 14.9. The van der Waals surface area contributed by atoms with E-state index in [2.05, 4.69) is 0 Å². The van der Waals surface area contributed by atoms with Gasteiger partial charge in [0.2, 0.25) is 0 Å². The minimum Gasteiger partial charge on any atom is -0.462 e. The number of nitrogens with zero attached hydrogens (tertiary/aromatic N) is 1. The van der Waals surface area contributed by atoms with Crippen LogP contribution in [-0.2, 0) is 47.5 Å². The van der Waals surface area contributed by atoms with Crippen LogP contribution in [0.2, 0.25) is 0 Å². The summed E-state index contributed by atoms with van der Waals surface area (Å²) in [6.07, 6.45) is -1.69. The lowest BCUT2D eigenvalue weighted by atomic mass is 9.82. The Morgan fingerprint density at radius 1 is 1.00 bits per heavy atom. The predicted octanol–water partition coefficient (Wildman–Crippen LogP) is 2.54. The number of carbonyl (C=O) groups is 2. The van der Waals surface area contributed by atoms with Gasteiger partial charge in [0.1, 0.15) is 36.8 Å². The van der Waals surface area contributed by atoms with Crippen LogP contribution in [0.15, 0.2) is 24.3 Å². The van der Waals surface area contributed by atoms with Crippen LogP contribution >= 0.6 is 0 Å². The first-order chi connectivity index (χ1) is 24.6. The zero-order chi connectivity index (χ0) is 38.7. The quantitative estimate of drug-likeness (QED) is 0.208. The van der Waals surface area contributed by atoms with Crippen LogP contribution in [0.5, 0.6) is 0 Å². The molecule has 0 saturated carbocycles. The summed E-state index contributed by atoms with van der Waals surface area (Å²) in [5.74, 6) is -1.58. The summed E-state index contributed by atoms with van der Waals surface area (Å²) in [7, 11) is 6.64. The van der Waals surface area contributed by atoms with Gasteiger partial charge in [-0.05, 0) is 67.0 Å². The third kappa shape index (κ3) is 11.6. The van der Waals surface area contributed by atoms with Crippen molar-refractivity contribution in [2.75, 3.05) is 34.9 Å². The predicted molar refractivity (Wildman–Crippen MR) is 191 cm³/mol. The molecule has 3 aliphatic heterocycles. The Morgan fingerprint density at radius 3 is 2.33 bits per heavy atom. The first kappa shape index (κ1) is 44.6. The molecule has 300 valence electrons. The minimum absolute atomic E-state index is 0.0151. The number of esters is 1. The van der Waals surface area contributed by atoms with Crippen LogP contribution in [0.1, 0.15) is 73.6 Å². The summed E-state index contributed by atoms with van der Waals surface area (Å²) >= 11 is 0. The maximum atomic E-state index is 12.9. The molecule has 0 aliphatic carbocycles. The zero-order valence-electron chi connectivity index (χ0n) is 32.7. The topological polar surface area (TPSA) is 172 Å². The Hall–Kier alpha value is -1.82. The Morgan fingerprint density at radius 2 is 1.71 bits per heavy atom. The second-order valence-corrected chi connectivity index (χ2v) is 14.9. The molecule has 2 fully saturated rings. The number of carbonyl (C=O) groups excluding carboxylic acids is 2. The molecule has 0 spiro atoms. The molecular formula is C38H65NO13. The molecule has 16 atom stereocenters. The SMILES string of the molecule is CCO[C@H]1[C@H](C)O[C@@H](O[C@H]2[C@H](N(C)C)[C@@H](O)[C@H](O[C@H]3C(CC=O)C[C@@H](C)[C@@H](O)/C=C/C=C/C[C@@H](C)OC(=O)C[C@@H](O)[C@@H]3OC)O[C@@H]2C)C[C@@]1(C)OC. The van der Waals surface area contributed by atoms with E-state index in [0.29, 0.717) is 19.4 Å². The van der Waals surface area contributed by atoms with Gasteiger partial charge < -0.3 is 62.9 Å². The van der Waals surface area contributed by atoms with E-state index in [-0.39, 0.29) is 31.0 Å². The molecule has 3 aliphatic rings. The van der Waals surface area contributed by atoms with Crippen molar-refractivity contribution in [1.29, 1.82) is 0 Å². The highest BCUT2D eigenvalue weighted by Crippen LogP contribution is 2.38. The molecule has 0 aromatic carbocycles. The van der Waals surface area contributed by atoms with Gasteiger partial charge >= 0.3 is 5.97 Å². The van der Waals surface area contributed by atoms with Gasteiger partial charge in [-0.2, -0.15) is 0 Å². The summed E-state index contributed by atoms with van der Waals surface area (Å²) < 4.78 is 49.0. The summed E-state index contributed by atoms with van der Waals surface area (Å²) in [6, 6.07) is -0.650. The van der Waals surface area contributed by atoms with E-state index in [1.165, 1.54) is 7.11 Å². The third-order valence-corrected chi connectivity index (χ3v) is 10.6. The normalized spacial score (nSPS) is 44.2. The maximum Gasteiger partial charge on any atom is 0.308 e. The van der Waals surface area contributed by atoms with Crippen molar-refractivity contribution >= 4 is 12.3 Å². The van der Waals surface area contributed by atoms with Crippen molar-refractivity contribution in [2.24, 2.45) is 11.8 Å². The van der Waals surface area contributed by atoms with Crippen molar-refractivity contribution in [3.63, 3.8) is 0 Å². The van der Waals surface area contributed by atoms with E-state index in [1.807, 2.05) is 59.7 Å². The highest BCUT2D eigenvalue weighted by Gasteiger charge is 2.52. The summed E-state index contributed by atoms with van der Waals surface area (Å²) in [4.78, 5) is 26.8. The Kier molecular flexibility index (Phi) is 17.8. The van der Waals surface area contributed by atoms with E-state index < -0.39 is 91.4 Å². The van der Waals surface area contributed by atoms with Crippen molar-refractivity contribution in [3.05, 3.63) is 24.3 Å². The lowest BCUT2D eigenvalue weighted by Gasteiger charge is -2.51. The smallest absolute Gasteiger partial charge is 0.308 e. The van der Waals surface area contributed by atoms with E-state index in [1.54, 1.807) is 32.3 Å². The van der Waals surface area contributed by atoms with Crippen LogP contribution in [0.3, 0.4) is 0 Å². The molecule has 3 rings (SSSR count). The molecule has 0 bridgehead atoms. The van der Waals surface area contributed by atoms with E-state index >= 15 is 0 Å². The molecule has 0 amide bonds. The lowest BCUT2D eigenvalue weighted by molar-refractivity contribution is -0.346. The van der Waals surface area contributed by atoms with Crippen LogP contribution in [0.25, 0.3) is 0 Å². The minimum atomic E-state index is -1.40. The van der Waals surface area contributed by atoms with Gasteiger partial charge in [-0.15, -0.1) is 0 Å². The van der Waals surface area contributed by atoms with Crippen molar-refractivity contribution in [3.8, 4) is 0 Å². The maximum absolute atomic E-state index is 12.9. The van der Waals surface area contributed by atoms with Gasteiger partial charge in [0.25, 0.3) is 0 Å². The van der Waals surface area contributed by atoms with Crippen LogP contribution in [0.4, 0.5) is 0 Å². The van der Waals surface area contributed by atoms with E-state index in [4.69, 9.17) is 37.9 Å². The Balaban J connectivity index is 1.94. The monoisotopic (exact) mass is 743 g/mol. The number of hydrogen-bond acceptors (Lipinski definition) is 14. The fourth-order valence-electron chi connectivity index (χ4n) is 7.71. The number of cyclic esters (lactones) is 1. The standard InChI is InChI=1S/C38H65NO13/c1-11-47-36-25(5)49-30(21-38(36,6)46-10)51-33-24(4)50-37(32(44)31(33)39(7)8)52-34-26(17-18-40)19-22(2)27(41)16-14-12-13-15-23(3)48-29(43)20-28(42)35(34)45-9/h12-14,16,18,22-28,30-37,41-42,44H,11,15,17,19-21H2,1-10H3/b13-12+,16-14+/t22-,23-,24-,25+,26?,27+,28-,30+,31-,32-,33-,34+,35+,36+,37+,38-/m1/s1. The van der Waals surface area contributed by atoms with Gasteiger partial charge in [0.15, 0.2) is 12.6 Å². The molecule has 1 unspecified atom stereocenters. The van der Waals surface area contributed by atoms with Gasteiger partial charge in [-0.1, -0.05) is 31.2 Å². The number of rotatable bonds is 11. The molecule has 0 aromatic rings. The highest BCUT2D eigenvalue weighted by molar-refractivity contribution is 5.70. The van der Waals surface area contributed by atoms with Gasteiger partial charge in [-0.3, -0.25) is 4.79 Å². The second kappa shape index (κ2) is 20.7. The zero-order valence-corrected chi connectivity index (χ0v) is 32.7. The number of methoxy groups -OCH3 is 2. The number of hydrogen-bond donors (Lipinski definition) is 3. The molecule has 3 heterocycles. The Labute approximate surface area is 309 Å². The van der Waals surface area contributed by atoms with Crippen molar-refractivity contribution in [1.82, 2.24) is 4.90 Å². The summed E-state index contributed by atoms with van der Waals surface area (Å²) in [5, 5.41) is 34.3. The molecule has 3 N–H and O–H groups in total. The number of likely N-dealkylation sites (N-methyl/N-ethyl adjacent to an activating group) is 1. The number of aliphatic hydroxyl groups is 3. The summed E-state index contributed by atoms with van der Waals surface area (Å²) in [5.41, 5.74) is -0.690. The molecule has 14 heteroatoms. The number of allylic oxidation sites excluding steroid dienone is 2. The van der Waals surface area contributed by atoms with Gasteiger partial charge in [0, 0.05) is 40.1 Å². The molecular weight excluding hydrogens is 678 g/mol. The third-order valence-electron chi connectivity index (χ3n) is 10.6. The largest absolute Gasteiger partial charge is 0.462 e. The number of aldehydes is 1. The van der Waals surface area contributed by atoms with Gasteiger partial charge in [-0.25, -0.2) is 0 Å². The molecule has 52 heavy (non-hydrogen) atoms. The first-order valence-electron chi connectivity index (χ1n) is 18.6. The number of aliphatic hydroxyl groups excluding tert-OH is 3. The van der Waals surface area contributed by atoms with Crippen LogP contribution in [-0.4, -0.2) is 153 Å².